The van der Waals surface area contributed by atoms with Crippen LogP contribution in [0.1, 0.15) is 25.0 Å². The zero-order valence-electron chi connectivity index (χ0n) is 8.93. The Labute approximate surface area is 97.1 Å². The second kappa shape index (κ2) is 3.39. The quantitative estimate of drug-likeness (QED) is 0.855. The van der Waals surface area contributed by atoms with Crippen molar-refractivity contribution in [1.82, 2.24) is 0 Å². The Hall–Kier alpha value is -0.740. The minimum Gasteiger partial charge on any atom is -0.454 e. The van der Waals surface area contributed by atoms with Gasteiger partial charge in [0.05, 0.1) is 5.60 Å². The predicted octanol–water partition coefficient (Wildman–Crippen LogP) is 2.71. The van der Waals surface area contributed by atoms with E-state index in [1.54, 1.807) is 13.8 Å². The van der Waals surface area contributed by atoms with Gasteiger partial charge in [0, 0.05) is 15.6 Å². The normalized spacial score (nSPS) is 14.5. The number of fused-ring (bicyclic) bond motifs is 1. The maximum Gasteiger partial charge on any atom is 0.231 e. The first kappa shape index (κ1) is 10.8. The van der Waals surface area contributed by atoms with Crippen LogP contribution in [0.5, 0.6) is 11.5 Å². The molecule has 1 aliphatic heterocycles. The van der Waals surface area contributed by atoms with Gasteiger partial charge in [-0.2, -0.15) is 0 Å². The Balaban J connectivity index is 2.64. The van der Waals surface area contributed by atoms with E-state index in [4.69, 9.17) is 9.47 Å². The van der Waals surface area contributed by atoms with Crippen LogP contribution in [-0.4, -0.2) is 11.9 Å². The Bertz CT molecular complexity index is 407. The molecule has 0 bridgehead atoms. The van der Waals surface area contributed by atoms with E-state index in [0.717, 1.165) is 21.3 Å². The highest BCUT2D eigenvalue weighted by Gasteiger charge is 2.27. The molecular formula is C11H13BrO3. The van der Waals surface area contributed by atoms with Crippen LogP contribution in [0.15, 0.2) is 10.5 Å². The van der Waals surface area contributed by atoms with Gasteiger partial charge >= 0.3 is 0 Å². The fourth-order valence-electron chi connectivity index (χ4n) is 1.63. The van der Waals surface area contributed by atoms with Crippen molar-refractivity contribution in [1.29, 1.82) is 0 Å². The summed E-state index contributed by atoms with van der Waals surface area (Å²) < 4.78 is 11.5. The molecule has 0 saturated heterocycles. The molecule has 0 atom stereocenters. The van der Waals surface area contributed by atoms with Crippen LogP contribution in [0.3, 0.4) is 0 Å². The fraction of sp³-hybridized carbons (Fsp3) is 0.455. The van der Waals surface area contributed by atoms with Gasteiger partial charge in [-0.15, -0.1) is 0 Å². The van der Waals surface area contributed by atoms with Crippen molar-refractivity contribution in [2.75, 3.05) is 6.79 Å². The number of hydrogen-bond acceptors (Lipinski definition) is 3. The fourth-order valence-corrected chi connectivity index (χ4v) is 2.41. The largest absolute Gasteiger partial charge is 0.454 e. The molecule has 0 amide bonds. The standard InChI is InChI=1S/C11H13BrO3/c1-6-9(12)7(11(2,3)13)4-8-10(6)15-5-14-8/h4,13H,5H2,1-3H3. The topological polar surface area (TPSA) is 38.7 Å². The summed E-state index contributed by atoms with van der Waals surface area (Å²) in [7, 11) is 0. The number of ether oxygens (including phenoxy) is 2. The second-order valence-electron chi connectivity index (χ2n) is 4.16. The molecule has 0 aliphatic carbocycles. The highest BCUT2D eigenvalue weighted by atomic mass is 79.9. The molecule has 4 heteroatoms. The van der Waals surface area contributed by atoms with Crippen LogP contribution >= 0.6 is 15.9 Å². The van der Waals surface area contributed by atoms with E-state index in [0.29, 0.717) is 5.75 Å². The molecule has 15 heavy (non-hydrogen) atoms. The van der Waals surface area contributed by atoms with Gasteiger partial charge in [0.2, 0.25) is 6.79 Å². The third kappa shape index (κ3) is 1.72. The van der Waals surface area contributed by atoms with Gasteiger partial charge in [-0.25, -0.2) is 0 Å². The van der Waals surface area contributed by atoms with Crippen molar-refractivity contribution >= 4 is 15.9 Å². The smallest absolute Gasteiger partial charge is 0.231 e. The highest BCUT2D eigenvalue weighted by Crippen LogP contribution is 2.44. The average Bonchev–Trinajstić information content (AvgIpc) is 2.57. The van der Waals surface area contributed by atoms with Crippen LogP contribution in [0.2, 0.25) is 0 Å². The van der Waals surface area contributed by atoms with E-state index in [1.165, 1.54) is 0 Å². The lowest BCUT2D eigenvalue weighted by Gasteiger charge is -2.21. The molecule has 1 aromatic carbocycles. The number of hydrogen-bond donors (Lipinski definition) is 1. The summed E-state index contributed by atoms with van der Waals surface area (Å²) in [4.78, 5) is 0. The molecule has 1 N–H and O–H groups in total. The Kier molecular flexibility index (Phi) is 2.43. The van der Waals surface area contributed by atoms with E-state index in [2.05, 4.69) is 15.9 Å². The average molecular weight is 273 g/mol. The van der Waals surface area contributed by atoms with Crippen molar-refractivity contribution < 1.29 is 14.6 Å². The van der Waals surface area contributed by atoms with E-state index < -0.39 is 5.60 Å². The minimum absolute atomic E-state index is 0.248. The van der Waals surface area contributed by atoms with E-state index >= 15 is 0 Å². The van der Waals surface area contributed by atoms with Crippen LogP contribution in [-0.2, 0) is 5.60 Å². The summed E-state index contributed by atoms with van der Waals surface area (Å²) in [5.74, 6) is 1.46. The first-order valence-corrected chi connectivity index (χ1v) is 5.52. The van der Waals surface area contributed by atoms with Gasteiger partial charge in [0.1, 0.15) is 0 Å². The molecular weight excluding hydrogens is 260 g/mol. The molecule has 0 saturated carbocycles. The first-order valence-electron chi connectivity index (χ1n) is 4.73. The van der Waals surface area contributed by atoms with Gasteiger partial charge in [-0.05, 0) is 42.8 Å². The summed E-state index contributed by atoms with van der Waals surface area (Å²) in [5.41, 5.74) is 0.872. The van der Waals surface area contributed by atoms with Crippen LogP contribution in [0, 0.1) is 6.92 Å². The number of rotatable bonds is 1. The minimum atomic E-state index is -0.898. The summed E-state index contributed by atoms with van der Waals surface area (Å²) in [6.07, 6.45) is 0. The molecule has 1 heterocycles. The molecule has 0 spiro atoms. The molecule has 1 aliphatic rings. The molecule has 0 unspecified atom stereocenters. The van der Waals surface area contributed by atoms with E-state index in [9.17, 15) is 5.11 Å². The van der Waals surface area contributed by atoms with E-state index in [-0.39, 0.29) is 6.79 Å². The van der Waals surface area contributed by atoms with Gasteiger partial charge in [-0.3, -0.25) is 0 Å². The number of halogens is 1. The summed E-state index contributed by atoms with van der Waals surface area (Å²) in [6, 6.07) is 1.82. The first-order chi connectivity index (χ1) is 6.91. The Morgan fingerprint density at radius 3 is 2.67 bits per heavy atom. The SMILES string of the molecule is Cc1c(Br)c(C(C)(C)O)cc2c1OCO2. The predicted molar refractivity (Wildman–Crippen MR) is 60.2 cm³/mol. The van der Waals surface area contributed by atoms with Crippen molar-refractivity contribution in [2.45, 2.75) is 26.4 Å². The van der Waals surface area contributed by atoms with Crippen molar-refractivity contribution in [3.05, 3.63) is 21.7 Å². The highest BCUT2D eigenvalue weighted by molar-refractivity contribution is 9.10. The molecule has 0 radical (unpaired) electrons. The zero-order chi connectivity index (χ0) is 11.2. The molecule has 0 aromatic heterocycles. The van der Waals surface area contributed by atoms with Crippen molar-refractivity contribution in [2.24, 2.45) is 0 Å². The lowest BCUT2D eigenvalue weighted by atomic mass is 9.96. The van der Waals surface area contributed by atoms with Crippen LogP contribution < -0.4 is 9.47 Å². The second-order valence-corrected chi connectivity index (χ2v) is 4.95. The molecule has 82 valence electrons. The Morgan fingerprint density at radius 2 is 2.07 bits per heavy atom. The summed E-state index contributed by atoms with van der Waals surface area (Å²) in [5, 5.41) is 10.00. The maximum atomic E-state index is 10.00. The van der Waals surface area contributed by atoms with Gasteiger partial charge in [0.15, 0.2) is 11.5 Å². The summed E-state index contributed by atoms with van der Waals surface area (Å²) >= 11 is 3.47. The third-order valence-corrected chi connectivity index (χ3v) is 3.50. The lowest BCUT2D eigenvalue weighted by molar-refractivity contribution is 0.0775. The van der Waals surface area contributed by atoms with Crippen molar-refractivity contribution in [3.63, 3.8) is 0 Å². The monoisotopic (exact) mass is 272 g/mol. The summed E-state index contributed by atoms with van der Waals surface area (Å²) in [6.45, 7) is 5.67. The lowest BCUT2D eigenvalue weighted by Crippen LogP contribution is -2.16. The van der Waals surface area contributed by atoms with Crippen molar-refractivity contribution in [3.8, 4) is 11.5 Å². The van der Waals surface area contributed by atoms with Gasteiger partial charge in [-0.1, -0.05) is 0 Å². The molecule has 2 rings (SSSR count). The van der Waals surface area contributed by atoms with Crippen LogP contribution in [0.25, 0.3) is 0 Å². The Morgan fingerprint density at radius 1 is 1.40 bits per heavy atom. The zero-order valence-corrected chi connectivity index (χ0v) is 10.5. The molecule has 0 fully saturated rings. The molecule has 3 nitrogen and oxygen atoms in total. The number of aliphatic hydroxyl groups is 1. The van der Waals surface area contributed by atoms with Gasteiger partial charge in [0.25, 0.3) is 0 Å². The van der Waals surface area contributed by atoms with Gasteiger partial charge < -0.3 is 14.6 Å². The third-order valence-electron chi connectivity index (χ3n) is 2.48. The number of benzene rings is 1. The molecule has 1 aromatic rings. The van der Waals surface area contributed by atoms with E-state index in [1.807, 2.05) is 13.0 Å². The van der Waals surface area contributed by atoms with Crippen LogP contribution in [0.4, 0.5) is 0 Å². The maximum absolute atomic E-state index is 10.00.